The minimum atomic E-state index is -1.79. The van der Waals surface area contributed by atoms with E-state index in [-0.39, 0.29) is 0 Å². The van der Waals surface area contributed by atoms with Crippen LogP contribution in [0, 0.1) is 0 Å². The van der Waals surface area contributed by atoms with Gasteiger partial charge in [0.05, 0.1) is 0 Å². The molecule has 0 radical (unpaired) electrons. The first kappa shape index (κ1) is 10.9. The Bertz CT molecular complexity index is 336. The lowest BCUT2D eigenvalue weighted by molar-refractivity contribution is 0.0759. The lowest BCUT2D eigenvalue weighted by Gasteiger charge is -2.14. The number of hydrogen-bond acceptors (Lipinski definition) is 1. The summed E-state index contributed by atoms with van der Waals surface area (Å²) in [7, 11) is 0. The first-order valence-corrected chi connectivity index (χ1v) is 4.78. The third-order valence-corrected chi connectivity index (χ3v) is 2.18. The van der Waals surface area contributed by atoms with Crippen molar-refractivity contribution in [2.75, 3.05) is 0 Å². The molecule has 0 N–H and O–H groups in total. The van der Waals surface area contributed by atoms with E-state index >= 15 is 0 Å². The number of Topliss-reactive ketones (excluding diaryl/α,β-unsaturated/α-hetero) is 1. The molecule has 0 heterocycles. The maximum atomic E-state index is 13.4. The molecular weight excluding hydrogens is 179 g/mol. The predicted octanol–water partition coefficient (Wildman–Crippen LogP) is 3.18. The van der Waals surface area contributed by atoms with Crippen LogP contribution in [-0.4, -0.2) is 11.5 Å². The maximum Gasteiger partial charge on any atom is 0.199 e. The van der Waals surface area contributed by atoms with Crippen molar-refractivity contribution < 1.29 is 9.18 Å². The SMILES string of the molecule is CCc1ccccc1C(=O)C(C)(C)F. The van der Waals surface area contributed by atoms with E-state index in [9.17, 15) is 9.18 Å². The molecule has 76 valence electrons. The van der Waals surface area contributed by atoms with E-state index in [4.69, 9.17) is 0 Å². The van der Waals surface area contributed by atoms with Crippen molar-refractivity contribution in [2.45, 2.75) is 32.9 Å². The van der Waals surface area contributed by atoms with Crippen molar-refractivity contribution in [3.05, 3.63) is 35.4 Å². The average Bonchev–Trinajstić information content (AvgIpc) is 2.15. The van der Waals surface area contributed by atoms with Gasteiger partial charge in [-0.2, -0.15) is 0 Å². The Morgan fingerprint density at radius 3 is 2.43 bits per heavy atom. The van der Waals surface area contributed by atoms with Gasteiger partial charge in [0.15, 0.2) is 11.5 Å². The largest absolute Gasteiger partial charge is 0.291 e. The molecule has 0 aliphatic carbocycles. The smallest absolute Gasteiger partial charge is 0.199 e. The first-order chi connectivity index (χ1) is 6.46. The molecular formula is C12H15FO. The van der Waals surface area contributed by atoms with Gasteiger partial charge >= 0.3 is 0 Å². The monoisotopic (exact) mass is 194 g/mol. The van der Waals surface area contributed by atoms with Crippen LogP contribution in [0.1, 0.15) is 36.7 Å². The number of halogens is 1. The summed E-state index contributed by atoms with van der Waals surface area (Å²) in [5.74, 6) is -0.435. The summed E-state index contributed by atoms with van der Waals surface area (Å²) in [6, 6.07) is 7.17. The fourth-order valence-corrected chi connectivity index (χ4v) is 1.37. The summed E-state index contributed by atoms with van der Waals surface area (Å²) in [5, 5.41) is 0. The van der Waals surface area contributed by atoms with Crippen LogP contribution in [0.25, 0.3) is 0 Å². The quantitative estimate of drug-likeness (QED) is 0.675. The second-order valence-corrected chi connectivity index (χ2v) is 3.81. The van der Waals surface area contributed by atoms with Crippen molar-refractivity contribution in [2.24, 2.45) is 0 Å². The molecule has 0 unspecified atom stereocenters. The lowest BCUT2D eigenvalue weighted by Crippen LogP contribution is -2.26. The van der Waals surface area contributed by atoms with Crippen LogP contribution in [0.4, 0.5) is 4.39 Å². The van der Waals surface area contributed by atoms with Gasteiger partial charge < -0.3 is 0 Å². The highest BCUT2D eigenvalue weighted by Gasteiger charge is 2.28. The van der Waals surface area contributed by atoms with E-state index in [1.807, 2.05) is 19.1 Å². The van der Waals surface area contributed by atoms with Gasteiger partial charge in [0.2, 0.25) is 0 Å². The number of ketones is 1. The van der Waals surface area contributed by atoms with Crippen molar-refractivity contribution in [1.82, 2.24) is 0 Å². The third kappa shape index (κ3) is 2.19. The van der Waals surface area contributed by atoms with E-state index in [0.29, 0.717) is 5.56 Å². The number of rotatable bonds is 3. The number of alkyl halides is 1. The standard InChI is InChI=1S/C12H15FO/c1-4-9-7-5-6-8-10(9)11(14)12(2,3)13/h5-8H,4H2,1-3H3. The molecule has 0 saturated carbocycles. The molecule has 0 saturated heterocycles. The second kappa shape index (κ2) is 3.91. The van der Waals surface area contributed by atoms with E-state index in [0.717, 1.165) is 12.0 Å². The Morgan fingerprint density at radius 1 is 1.36 bits per heavy atom. The molecule has 0 fully saturated rings. The number of carbonyl (C=O) groups excluding carboxylic acids is 1. The molecule has 0 atom stereocenters. The van der Waals surface area contributed by atoms with E-state index < -0.39 is 11.5 Å². The maximum absolute atomic E-state index is 13.4. The van der Waals surface area contributed by atoms with Crippen LogP contribution in [0.5, 0.6) is 0 Å². The van der Waals surface area contributed by atoms with Gasteiger partial charge in [-0.05, 0) is 25.8 Å². The summed E-state index contributed by atoms with van der Waals surface area (Å²) in [5.41, 5.74) is -0.378. The molecule has 0 aliphatic rings. The van der Waals surface area contributed by atoms with Gasteiger partial charge in [-0.15, -0.1) is 0 Å². The summed E-state index contributed by atoms with van der Waals surface area (Å²) in [6.07, 6.45) is 0.748. The molecule has 2 heteroatoms. The number of carbonyl (C=O) groups is 1. The average molecular weight is 194 g/mol. The highest BCUT2D eigenvalue weighted by molar-refractivity contribution is 6.03. The Hall–Kier alpha value is -1.18. The minimum Gasteiger partial charge on any atom is -0.291 e. The zero-order chi connectivity index (χ0) is 10.8. The molecule has 1 rings (SSSR count). The normalized spacial score (nSPS) is 11.4. The van der Waals surface area contributed by atoms with Crippen LogP contribution < -0.4 is 0 Å². The van der Waals surface area contributed by atoms with Gasteiger partial charge in [-0.3, -0.25) is 4.79 Å². The Balaban J connectivity index is 3.13. The minimum absolute atomic E-state index is 0.435. The van der Waals surface area contributed by atoms with Gasteiger partial charge in [-0.1, -0.05) is 31.2 Å². The van der Waals surface area contributed by atoms with Gasteiger partial charge in [0, 0.05) is 5.56 Å². The summed E-state index contributed by atoms with van der Waals surface area (Å²) in [6.45, 7) is 4.54. The lowest BCUT2D eigenvalue weighted by atomic mass is 9.93. The van der Waals surface area contributed by atoms with Gasteiger partial charge in [-0.25, -0.2) is 4.39 Å². The molecule has 1 aromatic carbocycles. The predicted molar refractivity (Wildman–Crippen MR) is 55.3 cm³/mol. The molecule has 0 spiro atoms. The highest BCUT2D eigenvalue weighted by Crippen LogP contribution is 2.20. The van der Waals surface area contributed by atoms with E-state index in [1.165, 1.54) is 13.8 Å². The molecule has 1 aromatic rings. The molecule has 14 heavy (non-hydrogen) atoms. The van der Waals surface area contributed by atoms with Crippen molar-refractivity contribution in [3.63, 3.8) is 0 Å². The molecule has 1 nitrogen and oxygen atoms in total. The number of aryl methyl sites for hydroxylation is 1. The number of hydrogen-bond donors (Lipinski definition) is 0. The van der Waals surface area contributed by atoms with Crippen LogP contribution in [0.15, 0.2) is 24.3 Å². The highest BCUT2D eigenvalue weighted by atomic mass is 19.1. The van der Waals surface area contributed by atoms with Crippen LogP contribution in [-0.2, 0) is 6.42 Å². The summed E-state index contributed by atoms with van der Waals surface area (Å²) in [4.78, 5) is 11.7. The van der Waals surface area contributed by atoms with Gasteiger partial charge in [0.25, 0.3) is 0 Å². The topological polar surface area (TPSA) is 17.1 Å². The fraction of sp³-hybridized carbons (Fsp3) is 0.417. The Kier molecular flexibility index (Phi) is 3.04. The van der Waals surface area contributed by atoms with Crippen LogP contribution in [0.3, 0.4) is 0 Å². The Morgan fingerprint density at radius 2 is 1.93 bits per heavy atom. The third-order valence-electron chi connectivity index (χ3n) is 2.18. The van der Waals surface area contributed by atoms with Gasteiger partial charge in [0.1, 0.15) is 0 Å². The molecule has 0 bridgehead atoms. The second-order valence-electron chi connectivity index (χ2n) is 3.81. The summed E-state index contributed by atoms with van der Waals surface area (Å²) < 4.78 is 13.4. The number of benzene rings is 1. The zero-order valence-electron chi connectivity index (χ0n) is 8.80. The summed E-state index contributed by atoms with van der Waals surface area (Å²) >= 11 is 0. The van der Waals surface area contributed by atoms with E-state index in [1.54, 1.807) is 12.1 Å². The fourth-order valence-electron chi connectivity index (χ4n) is 1.37. The van der Waals surface area contributed by atoms with Crippen LogP contribution >= 0.6 is 0 Å². The zero-order valence-corrected chi connectivity index (χ0v) is 8.80. The van der Waals surface area contributed by atoms with E-state index in [2.05, 4.69) is 0 Å². The molecule has 0 amide bonds. The molecule has 0 aromatic heterocycles. The Labute approximate surface area is 83.9 Å². The first-order valence-electron chi connectivity index (χ1n) is 4.78. The van der Waals surface area contributed by atoms with Crippen LogP contribution in [0.2, 0.25) is 0 Å². The van der Waals surface area contributed by atoms with Crippen molar-refractivity contribution in [1.29, 1.82) is 0 Å². The van der Waals surface area contributed by atoms with Crippen molar-refractivity contribution >= 4 is 5.78 Å². The van der Waals surface area contributed by atoms with Crippen molar-refractivity contribution in [3.8, 4) is 0 Å². The molecule has 0 aliphatic heterocycles.